The molecular formula is C20H30N2O3S. The number of amides is 1. The molecule has 0 atom stereocenters. The van der Waals surface area contributed by atoms with Crippen molar-refractivity contribution >= 4 is 15.9 Å². The Morgan fingerprint density at radius 1 is 1.00 bits per heavy atom. The molecule has 2 saturated carbocycles. The van der Waals surface area contributed by atoms with Crippen LogP contribution < -0.4 is 5.32 Å². The van der Waals surface area contributed by atoms with Gasteiger partial charge in [-0.2, -0.15) is 4.31 Å². The van der Waals surface area contributed by atoms with Gasteiger partial charge in [-0.05, 0) is 55.9 Å². The minimum Gasteiger partial charge on any atom is -0.352 e. The Labute approximate surface area is 157 Å². The number of benzene rings is 1. The third kappa shape index (κ3) is 4.46. The molecule has 2 aliphatic carbocycles. The van der Waals surface area contributed by atoms with Gasteiger partial charge < -0.3 is 5.32 Å². The first-order valence-electron chi connectivity index (χ1n) is 9.85. The van der Waals surface area contributed by atoms with Crippen LogP contribution in [0.25, 0.3) is 0 Å². The highest BCUT2D eigenvalue weighted by Gasteiger charge is 2.29. The van der Waals surface area contributed by atoms with Gasteiger partial charge in [0.05, 0.1) is 4.90 Å². The number of carbonyl (C=O) groups excluding carboxylic acids is 1. The summed E-state index contributed by atoms with van der Waals surface area (Å²) >= 11 is 0. The zero-order valence-electron chi connectivity index (χ0n) is 15.6. The van der Waals surface area contributed by atoms with E-state index in [4.69, 9.17) is 0 Å². The highest BCUT2D eigenvalue weighted by Crippen LogP contribution is 2.27. The van der Waals surface area contributed by atoms with Crippen LogP contribution in [-0.2, 0) is 10.0 Å². The summed E-state index contributed by atoms with van der Waals surface area (Å²) in [6.07, 6.45) is 10.1. The van der Waals surface area contributed by atoms with Gasteiger partial charge in [0.15, 0.2) is 0 Å². The lowest BCUT2D eigenvalue weighted by Gasteiger charge is -2.30. The predicted octanol–water partition coefficient (Wildman–Crippen LogP) is 3.56. The molecule has 2 fully saturated rings. The van der Waals surface area contributed by atoms with Gasteiger partial charge in [-0.25, -0.2) is 8.42 Å². The summed E-state index contributed by atoms with van der Waals surface area (Å²) in [7, 11) is -1.83. The Morgan fingerprint density at radius 2 is 1.58 bits per heavy atom. The normalized spacial score (nSPS) is 19.8. The zero-order valence-corrected chi connectivity index (χ0v) is 16.4. The van der Waals surface area contributed by atoms with E-state index in [-0.39, 0.29) is 16.8 Å². The maximum atomic E-state index is 12.8. The molecule has 0 aromatic heterocycles. The van der Waals surface area contributed by atoms with E-state index in [9.17, 15) is 13.2 Å². The fraction of sp³-hybridized carbons (Fsp3) is 0.650. The van der Waals surface area contributed by atoms with Gasteiger partial charge in [-0.3, -0.25) is 4.79 Å². The van der Waals surface area contributed by atoms with Crippen LogP contribution in [0, 0.1) is 5.92 Å². The molecule has 1 N–H and O–H groups in total. The first kappa shape index (κ1) is 19.4. The molecule has 1 aromatic carbocycles. The molecule has 0 heterocycles. The lowest BCUT2D eigenvalue weighted by molar-refractivity contribution is 0.0947. The van der Waals surface area contributed by atoms with E-state index in [1.165, 1.54) is 36.4 Å². The molecule has 6 heteroatoms. The third-order valence-electron chi connectivity index (χ3n) is 5.91. The number of carbonyl (C=O) groups is 1. The molecule has 2 aliphatic rings. The van der Waals surface area contributed by atoms with Crippen LogP contribution in [0.5, 0.6) is 0 Å². The molecule has 0 bridgehead atoms. The van der Waals surface area contributed by atoms with Crippen molar-refractivity contribution in [3.8, 4) is 0 Å². The first-order chi connectivity index (χ1) is 12.5. The number of sulfonamides is 1. The number of nitrogens with one attached hydrogen (secondary N) is 1. The Hall–Kier alpha value is -1.40. The molecule has 0 radical (unpaired) electrons. The summed E-state index contributed by atoms with van der Waals surface area (Å²) in [5.41, 5.74) is 0.516. The topological polar surface area (TPSA) is 66.5 Å². The van der Waals surface area contributed by atoms with Gasteiger partial charge in [-0.1, -0.05) is 32.1 Å². The fourth-order valence-electron chi connectivity index (χ4n) is 4.14. The number of rotatable bonds is 6. The van der Waals surface area contributed by atoms with Crippen LogP contribution in [0.15, 0.2) is 29.2 Å². The van der Waals surface area contributed by atoms with E-state index in [2.05, 4.69) is 5.32 Å². The minimum atomic E-state index is -3.50. The number of nitrogens with zero attached hydrogens (tertiary/aromatic N) is 1. The average molecular weight is 379 g/mol. The highest BCUT2D eigenvalue weighted by atomic mass is 32.2. The van der Waals surface area contributed by atoms with E-state index in [1.807, 2.05) is 0 Å². The Balaban J connectivity index is 1.62. The van der Waals surface area contributed by atoms with E-state index in [0.29, 0.717) is 18.0 Å². The van der Waals surface area contributed by atoms with Gasteiger partial charge in [0.2, 0.25) is 10.0 Å². The maximum Gasteiger partial charge on any atom is 0.251 e. The lowest BCUT2D eigenvalue weighted by atomic mass is 9.96. The van der Waals surface area contributed by atoms with Crippen molar-refractivity contribution < 1.29 is 13.2 Å². The third-order valence-corrected chi connectivity index (χ3v) is 7.83. The van der Waals surface area contributed by atoms with Crippen LogP contribution in [0.3, 0.4) is 0 Å². The van der Waals surface area contributed by atoms with Crippen LogP contribution >= 0.6 is 0 Å². The standard InChI is InChI=1S/C20H30N2O3S/c1-22(18-9-3-2-4-10-18)26(24,25)19-13-11-17(12-14-19)20(23)21-15-16-7-5-6-8-16/h11-14,16,18H,2-10,15H2,1H3,(H,21,23). The fourth-order valence-corrected chi connectivity index (χ4v) is 5.55. The summed E-state index contributed by atoms with van der Waals surface area (Å²) in [5, 5.41) is 2.97. The first-order valence-corrected chi connectivity index (χ1v) is 11.3. The SMILES string of the molecule is CN(C1CCCCC1)S(=O)(=O)c1ccc(C(=O)NCC2CCCC2)cc1. The molecule has 144 valence electrons. The minimum absolute atomic E-state index is 0.0862. The molecule has 0 saturated heterocycles. The van der Waals surface area contributed by atoms with Crippen molar-refractivity contribution in [3.05, 3.63) is 29.8 Å². The second kappa shape index (κ2) is 8.53. The lowest BCUT2D eigenvalue weighted by Crippen LogP contribution is -2.38. The van der Waals surface area contributed by atoms with Crippen LogP contribution in [0.2, 0.25) is 0 Å². The Bertz CT molecular complexity index is 703. The Morgan fingerprint density at radius 3 is 2.19 bits per heavy atom. The van der Waals surface area contributed by atoms with Crippen molar-refractivity contribution in [2.75, 3.05) is 13.6 Å². The van der Waals surface area contributed by atoms with E-state index in [1.54, 1.807) is 31.3 Å². The van der Waals surface area contributed by atoms with Crippen LogP contribution in [0.4, 0.5) is 0 Å². The van der Waals surface area contributed by atoms with Crippen molar-refractivity contribution in [2.45, 2.75) is 68.7 Å². The average Bonchev–Trinajstić information content (AvgIpc) is 3.20. The van der Waals surface area contributed by atoms with E-state index in [0.717, 1.165) is 25.7 Å². The summed E-state index contributed by atoms with van der Waals surface area (Å²) in [6.45, 7) is 0.712. The largest absolute Gasteiger partial charge is 0.352 e. The quantitative estimate of drug-likeness (QED) is 0.823. The summed E-state index contributed by atoms with van der Waals surface area (Å²) in [4.78, 5) is 12.5. The van der Waals surface area contributed by atoms with Crippen molar-refractivity contribution in [2.24, 2.45) is 5.92 Å². The second-order valence-corrected chi connectivity index (χ2v) is 9.70. The summed E-state index contributed by atoms with van der Waals surface area (Å²) in [5.74, 6) is 0.462. The molecule has 0 unspecified atom stereocenters. The molecule has 3 rings (SSSR count). The molecule has 1 aromatic rings. The van der Waals surface area contributed by atoms with Gasteiger partial charge in [0, 0.05) is 25.2 Å². The van der Waals surface area contributed by atoms with E-state index < -0.39 is 10.0 Å². The van der Waals surface area contributed by atoms with Crippen molar-refractivity contribution in [3.63, 3.8) is 0 Å². The zero-order chi connectivity index (χ0) is 18.6. The maximum absolute atomic E-state index is 12.8. The molecule has 1 amide bonds. The van der Waals surface area contributed by atoms with Crippen LogP contribution in [0.1, 0.15) is 68.1 Å². The molecule has 5 nitrogen and oxygen atoms in total. The summed E-state index contributed by atoms with van der Waals surface area (Å²) < 4.78 is 27.2. The van der Waals surface area contributed by atoms with Crippen molar-refractivity contribution in [1.29, 1.82) is 0 Å². The van der Waals surface area contributed by atoms with Crippen molar-refractivity contribution in [1.82, 2.24) is 9.62 Å². The summed E-state index contributed by atoms with van der Waals surface area (Å²) in [6, 6.07) is 6.43. The van der Waals surface area contributed by atoms with Gasteiger partial charge in [-0.15, -0.1) is 0 Å². The van der Waals surface area contributed by atoms with Gasteiger partial charge >= 0.3 is 0 Å². The predicted molar refractivity (Wildman–Crippen MR) is 103 cm³/mol. The smallest absolute Gasteiger partial charge is 0.251 e. The number of hydrogen-bond donors (Lipinski definition) is 1. The Kier molecular flexibility index (Phi) is 6.35. The molecular weight excluding hydrogens is 348 g/mol. The molecule has 0 spiro atoms. The van der Waals surface area contributed by atoms with Crippen LogP contribution in [-0.4, -0.2) is 38.3 Å². The highest BCUT2D eigenvalue weighted by molar-refractivity contribution is 7.89. The number of hydrogen-bond acceptors (Lipinski definition) is 3. The monoisotopic (exact) mass is 378 g/mol. The van der Waals surface area contributed by atoms with E-state index >= 15 is 0 Å². The molecule has 26 heavy (non-hydrogen) atoms. The van der Waals surface area contributed by atoms with Gasteiger partial charge in [0.25, 0.3) is 5.91 Å². The molecule has 0 aliphatic heterocycles. The second-order valence-electron chi connectivity index (χ2n) is 7.70. The van der Waals surface area contributed by atoms with Gasteiger partial charge in [0.1, 0.15) is 0 Å².